The third-order valence-electron chi connectivity index (χ3n) is 3.65. The molecule has 0 rings (SSSR count). The molecule has 0 aliphatic rings. The minimum absolute atomic E-state index is 0.166. The number of ether oxygens (including phenoxy) is 1. The van der Waals surface area contributed by atoms with E-state index < -0.39 is 48.4 Å². The molecule has 0 aliphatic heterocycles. The predicted octanol–water partition coefficient (Wildman–Crippen LogP) is 3.96. The van der Waals surface area contributed by atoms with Gasteiger partial charge in [-0.05, 0) is 84.5 Å². The van der Waals surface area contributed by atoms with Gasteiger partial charge >= 0.3 is 25.7 Å². The van der Waals surface area contributed by atoms with Crippen LogP contribution in [0.15, 0.2) is 0 Å². The highest BCUT2D eigenvalue weighted by Gasteiger charge is 2.45. The smallest absolute Gasteiger partial charge is 0.314 e. The fourth-order valence-electron chi connectivity index (χ4n) is 3.57. The van der Waals surface area contributed by atoms with Gasteiger partial charge in [-0.25, -0.2) is 0 Å². The molecule has 0 bridgehead atoms. The Hall–Kier alpha value is 0.804. The molecule has 0 aromatic heterocycles. The van der Waals surface area contributed by atoms with Gasteiger partial charge in [0, 0.05) is 6.61 Å². The summed E-state index contributed by atoms with van der Waals surface area (Å²) in [5.74, 6) is 0. The van der Waals surface area contributed by atoms with Crippen LogP contribution in [0.25, 0.3) is 0 Å². The van der Waals surface area contributed by atoms with Crippen molar-refractivity contribution in [3.63, 3.8) is 0 Å². The van der Waals surface area contributed by atoms with Crippen LogP contribution in [0.2, 0.25) is 78.1 Å². The SMILES string of the molecule is C[Si](C)(C)O[Si](C)(C)O[Si](C)(C)O[Si](C)(C)O[Si](C)(C)CCCOCC(O)CO. The molecule has 0 fully saturated rings. The number of hydrogen-bond acceptors (Lipinski definition) is 7. The maximum Gasteiger partial charge on any atom is 0.314 e. The topological polar surface area (TPSA) is 86.6 Å². The van der Waals surface area contributed by atoms with E-state index in [1.807, 2.05) is 0 Å². The van der Waals surface area contributed by atoms with Gasteiger partial charge in [0.2, 0.25) is 0 Å². The van der Waals surface area contributed by atoms with Crippen molar-refractivity contribution in [1.29, 1.82) is 0 Å². The highest BCUT2D eigenvalue weighted by Crippen LogP contribution is 2.27. The summed E-state index contributed by atoms with van der Waals surface area (Å²) >= 11 is 0. The van der Waals surface area contributed by atoms with Crippen molar-refractivity contribution in [2.24, 2.45) is 0 Å². The zero-order chi connectivity index (χ0) is 23.1. The van der Waals surface area contributed by atoms with Gasteiger partial charge in [-0.2, -0.15) is 0 Å². The number of aliphatic hydroxyl groups excluding tert-OH is 2. The van der Waals surface area contributed by atoms with Crippen molar-refractivity contribution in [2.45, 2.75) is 90.6 Å². The van der Waals surface area contributed by atoms with Gasteiger partial charge in [0.25, 0.3) is 0 Å². The van der Waals surface area contributed by atoms with E-state index in [4.69, 9.17) is 26.3 Å². The average Bonchev–Trinajstić information content (AvgIpc) is 2.39. The van der Waals surface area contributed by atoms with Gasteiger partial charge < -0.3 is 31.4 Å². The number of rotatable bonds is 15. The van der Waals surface area contributed by atoms with Crippen molar-refractivity contribution < 1.29 is 31.4 Å². The molecule has 0 saturated carbocycles. The summed E-state index contributed by atoms with van der Waals surface area (Å²) < 4.78 is 31.3. The van der Waals surface area contributed by atoms with Gasteiger partial charge in [0.05, 0.1) is 13.2 Å². The van der Waals surface area contributed by atoms with Gasteiger partial charge in [-0.15, -0.1) is 0 Å². The van der Waals surface area contributed by atoms with E-state index in [-0.39, 0.29) is 13.2 Å². The number of aliphatic hydroxyl groups is 2. The molecule has 0 heterocycles. The third-order valence-corrected chi connectivity index (χ3v) is 21.7. The highest BCUT2D eigenvalue weighted by atomic mass is 28.5. The molecule has 0 saturated heterocycles. The van der Waals surface area contributed by atoms with Crippen LogP contribution in [0.1, 0.15) is 6.42 Å². The highest BCUT2D eigenvalue weighted by molar-refractivity contribution is 6.90. The Kier molecular flexibility index (Phi) is 11.9. The lowest BCUT2D eigenvalue weighted by molar-refractivity contribution is 0.00638. The van der Waals surface area contributed by atoms with Crippen molar-refractivity contribution in [3.8, 4) is 0 Å². The molecular weight excluding hydrogens is 457 g/mol. The van der Waals surface area contributed by atoms with E-state index in [9.17, 15) is 5.11 Å². The van der Waals surface area contributed by atoms with Crippen molar-refractivity contribution in [1.82, 2.24) is 0 Å². The van der Waals surface area contributed by atoms with Crippen molar-refractivity contribution in [2.75, 3.05) is 19.8 Å². The first-order chi connectivity index (χ1) is 12.8. The maximum absolute atomic E-state index is 9.31. The van der Waals surface area contributed by atoms with Crippen LogP contribution in [0, 0.1) is 0 Å². The van der Waals surface area contributed by atoms with E-state index >= 15 is 0 Å². The number of hydrogen-bond donors (Lipinski definition) is 2. The second-order valence-electron chi connectivity index (χ2n) is 10.5. The Morgan fingerprint density at radius 1 is 0.690 bits per heavy atom. The molecule has 1 atom stereocenters. The van der Waals surface area contributed by atoms with E-state index in [0.717, 1.165) is 12.5 Å². The Morgan fingerprint density at radius 2 is 1.14 bits per heavy atom. The van der Waals surface area contributed by atoms with Crippen molar-refractivity contribution >= 4 is 42.3 Å². The average molecular weight is 503 g/mol. The normalized spacial score (nSPS) is 15.6. The van der Waals surface area contributed by atoms with Gasteiger partial charge in [0.15, 0.2) is 16.6 Å². The zero-order valence-electron chi connectivity index (χ0n) is 20.5. The zero-order valence-corrected chi connectivity index (χ0v) is 25.5. The Morgan fingerprint density at radius 3 is 1.59 bits per heavy atom. The largest absolute Gasteiger partial charge is 0.437 e. The summed E-state index contributed by atoms with van der Waals surface area (Å²) in [6, 6.07) is 0.948. The lowest BCUT2D eigenvalue weighted by atomic mass is 10.4. The molecule has 2 N–H and O–H groups in total. The second kappa shape index (κ2) is 11.6. The lowest BCUT2D eigenvalue weighted by Gasteiger charge is -2.42. The first-order valence-electron chi connectivity index (χ1n) is 10.5. The minimum atomic E-state index is -2.39. The maximum atomic E-state index is 9.31. The second-order valence-corrected chi connectivity index (χ2v) is 30.4. The van der Waals surface area contributed by atoms with Crippen LogP contribution in [-0.2, 0) is 21.2 Å². The van der Waals surface area contributed by atoms with Gasteiger partial charge in [-0.3, -0.25) is 0 Å². The Bertz CT molecular complexity index is 481. The monoisotopic (exact) mass is 502 g/mol. The fraction of sp³-hybridized carbons (Fsp3) is 1.00. The molecule has 0 aromatic carbocycles. The van der Waals surface area contributed by atoms with Crippen LogP contribution in [0.4, 0.5) is 0 Å². The molecule has 7 nitrogen and oxygen atoms in total. The van der Waals surface area contributed by atoms with E-state index in [2.05, 4.69) is 72.0 Å². The molecule has 0 radical (unpaired) electrons. The molecule has 12 heteroatoms. The third kappa shape index (κ3) is 16.1. The summed E-state index contributed by atoms with van der Waals surface area (Å²) in [4.78, 5) is 0. The standard InChI is InChI=1S/C17H46O7Si5/c1-25(2,3)21-27(6,7)23-29(10,11)24-28(8,9)22-26(4,5)14-12-13-20-16-17(19)15-18/h17-19H,12-16H2,1-11H3. The molecule has 0 aromatic rings. The minimum Gasteiger partial charge on any atom is -0.437 e. The molecule has 0 spiro atoms. The van der Waals surface area contributed by atoms with Gasteiger partial charge in [0.1, 0.15) is 6.10 Å². The Balaban J connectivity index is 4.65. The first-order valence-corrected chi connectivity index (χ1v) is 25.4. The fourth-order valence-corrected chi connectivity index (χ4v) is 27.3. The van der Waals surface area contributed by atoms with Crippen LogP contribution in [-0.4, -0.2) is 78.5 Å². The quantitative estimate of drug-likeness (QED) is 0.259. The van der Waals surface area contributed by atoms with E-state index in [0.29, 0.717) is 6.61 Å². The predicted molar refractivity (Wildman–Crippen MR) is 131 cm³/mol. The summed E-state index contributed by atoms with van der Waals surface area (Å²) in [7, 11) is -10.6. The Labute approximate surface area is 184 Å². The first kappa shape index (κ1) is 29.8. The molecule has 176 valence electrons. The summed E-state index contributed by atoms with van der Waals surface area (Å²) in [5, 5.41) is 18.1. The van der Waals surface area contributed by atoms with Crippen molar-refractivity contribution in [3.05, 3.63) is 0 Å². The van der Waals surface area contributed by atoms with Gasteiger partial charge in [-0.1, -0.05) is 0 Å². The van der Waals surface area contributed by atoms with Crippen LogP contribution in [0.5, 0.6) is 0 Å². The van der Waals surface area contributed by atoms with E-state index in [1.54, 1.807) is 0 Å². The summed E-state index contributed by atoms with van der Waals surface area (Å²) in [5.41, 5.74) is 0. The molecule has 29 heavy (non-hydrogen) atoms. The summed E-state index contributed by atoms with van der Waals surface area (Å²) in [6.45, 7) is 24.0. The van der Waals surface area contributed by atoms with Crippen LogP contribution < -0.4 is 0 Å². The molecular formula is C17H46O7Si5. The molecule has 0 aliphatic carbocycles. The van der Waals surface area contributed by atoms with Crippen LogP contribution in [0.3, 0.4) is 0 Å². The van der Waals surface area contributed by atoms with Crippen LogP contribution >= 0.6 is 0 Å². The molecule has 0 amide bonds. The summed E-state index contributed by atoms with van der Waals surface area (Å²) in [6.07, 6.45) is 0.0598. The molecule has 1 unspecified atom stereocenters. The van der Waals surface area contributed by atoms with E-state index in [1.165, 1.54) is 0 Å². The lowest BCUT2D eigenvalue weighted by Crippen LogP contribution is -2.58.